The summed E-state index contributed by atoms with van der Waals surface area (Å²) in [6, 6.07) is 3.13. The number of fused-ring (bicyclic) bond motifs is 1. The van der Waals surface area contributed by atoms with E-state index in [-0.39, 0.29) is 22.4 Å². The molecule has 1 saturated heterocycles. The highest BCUT2D eigenvalue weighted by molar-refractivity contribution is 5.93. The molecule has 1 atom stereocenters. The van der Waals surface area contributed by atoms with Crippen LogP contribution in [0.2, 0.25) is 0 Å². The third-order valence-corrected chi connectivity index (χ3v) is 5.87. The van der Waals surface area contributed by atoms with Gasteiger partial charge < -0.3 is 19.5 Å². The van der Waals surface area contributed by atoms with E-state index in [9.17, 15) is 19.1 Å². The van der Waals surface area contributed by atoms with Crippen molar-refractivity contribution in [1.82, 2.24) is 9.47 Å². The zero-order valence-electron chi connectivity index (χ0n) is 16.5. The van der Waals surface area contributed by atoms with E-state index in [0.717, 1.165) is 38.9 Å². The summed E-state index contributed by atoms with van der Waals surface area (Å²) in [5.74, 6) is -1.74. The van der Waals surface area contributed by atoms with Gasteiger partial charge >= 0.3 is 5.97 Å². The minimum absolute atomic E-state index is 0.0776. The molecule has 1 aromatic carbocycles. The van der Waals surface area contributed by atoms with Gasteiger partial charge in [-0.2, -0.15) is 0 Å². The lowest BCUT2D eigenvalue weighted by Gasteiger charge is -2.29. The number of anilines is 1. The number of aromatic nitrogens is 1. The minimum Gasteiger partial charge on any atom is -0.477 e. The fourth-order valence-corrected chi connectivity index (χ4v) is 4.53. The first-order valence-corrected chi connectivity index (χ1v) is 9.70. The average molecular weight is 387 g/mol. The van der Waals surface area contributed by atoms with Crippen molar-refractivity contribution in [2.24, 2.45) is 5.41 Å². The Bertz CT molecular complexity index is 1010. The number of nitrogens with zero attached hydrogens (tertiary/aromatic N) is 3. The highest BCUT2D eigenvalue weighted by Crippen LogP contribution is 2.39. The summed E-state index contributed by atoms with van der Waals surface area (Å²) >= 11 is 0. The molecule has 1 unspecified atom stereocenters. The molecule has 2 aliphatic rings. The van der Waals surface area contributed by atoms with Crippen LogP contribution in [-0.2, 0) is 0 Å². The fraction of sp³-hybridized carbons (Fsp3) is 0.524. The Morgan fingerprint density at radius 3 is 2.68 bits per heavy atom. The van der Waals surface area contributed by atoms with Gasteiger partial charge in [-0.05, 0) is 50.9 Å². The number of carboxylic acids is 1. The van der Waals surface area contributed by atoms with E-state index in [2.05, 4.69) is 11.8 Å². The van der Waals surface area contributed by atoms with Gasteiger partial charge in [0.15, 0.2) is 0 Å². The van der Waals surface area contributed by atoms with E-state index >= 15 is 0 Å². The second-order valence-electron chi connectivity index (χ2n) is 8.86. The van der Waals surface area contributed by atoms with E-state index in [4.69, 9.17) is 0 Å². The molecule has 2 heterocycles. The summed E-state index contributed by atoms with van der Waals surface area (Å²) in [7, 11) is 4.08. The number of carboxylic acid groups (broad SMARTS) is 1. The van der Waals surface area contributed by atoms with Gasteiger partial charge in [0.1, 0.15) is 11.4 Å². The van der Waals surface area contributed by atoms with Gasteiger partial charge in [0.05, 0.1) is 11.2 Å². The normalized spacial score (nSPS) is 22.4. The van der Waals surface area contributed by atoms with Crippen LogP contribution in [0.15, 0.2) is 23.1 Å². The van der Waals surface area contributed by atoms with Gasteiger partial charge in [0.25, 0.3) is 0 Å². The first kappa shape index (κ1) is 18.9. The van der Waals surface area contributed by atoms with Gasteiger partial charge in [-0.25, -0.2) is 9.18 Å². The Kier molecular flexibility index (Phi) is 4.45. The first-order valence-electron chi connectivity index (χ1n) is 9.70. The zero-order chi connectivity index (χ0) is 20.2. The molecule has 0 spiro atoms. The maximum absolute atomic E-state index is 15.0. The molecule has 6 nitrogen and oxygen atoms in total. The molecule has 0 radical (unpaired) electrons. The second-order valence-corrected chi connectivity index (χ2v) is 8.86. The van der Waals surface area contributed by atoms with Crippen molar-refractivity contribution in [2.75, 3.05) is 38.6 Å². The van der Waals surface area contributed by atoms with Crippen LogP contribution in [0.4, 0.5) is 10.1 Å². The number of halogens is 1. The van der Waals surface area contributed by atoms with Crippen LogP contribution in [0.5, 0.6) is 0 Å². The largest absolute Gasteiger partial charge is 0.477 e. The van der Waals surface area contributed by atoms with Crippen molar-refractivity contribution in [2.45, 2.75) is 32.2 Å². The molecule has 1 aliphatic heterocycles. The third kappa shape index (κ3) is 3.28. The highest BCUT2D eigenvalue weighted by atomic mass is 19.1. The van der Waals surface area contributed by atoms with Crippen LogP contribution in [-0.4, -0.2) is 54.3 Å². The molecule has 2 aromatic rings. The lowest BCUT2D eigenvalue weighted by atomic mass is 9.89. The van der Waals surface area contributed by atoms with E-state index in [1.165, 1.54) is 12.3 Å². The lowest BCUT2D eigenvalue weighted by Crippen LogP contribution is -2.34. The Morgan fingerprint density at radius 1 is 1.36 bits per heavy atom. The molecule has 1 aromatic heterocycles. The van der Waals surface area contributed by atoms with Crippen LogP contribution in [0.3, 0.4) is 0 Å². The van der Waals surface area contributed by atoms with Crippen molar-refractivity contribution in [3.63, 3.8) is 0 Å². The quantitative estimate of drug-likeness (QED) is 0.855. The molecular formula is C21H26FN3O3. The highest BCUT2D eigenvalue weighted by Gasteiger charge is 2.36. The average Bonchev–Trinajstić information content (AvgIpc) is 3.37. The second kappa shape index (κ2) is 6.58. The van der Waals surface area contributed by atoms with Crippen molar-refractivity contribution < 1.29 is 14.3 Å². The van der Waals surface area contributed by atoms with Crippen LogP contribution in [0.1, 0.15) is 42.6 Å². The number of hydrogen-bond donors (Lipinski definition) is 1. The molecule has 1 aliphatic carbocycles. The monoisotopic (exact) mass is 387 g/mol. The summed E-state index contributed by atoms with van der Waals surface area (Å²) in [6.45, 7) is 4.64. The molecule has 0 bridgehead atoms. The number of rotatable bonds is 5. The smallest absolute Gasteiger partial charge is 0.341 e. The first-order chi connectivity index (χ1) is 13.2. The summed E-state index contributed by atoms with van der Waals surface area (Å²) in [4.78, 5) is 28.3. The molecule has 7 heteroatoms. The molecule has 4 rings (SSSR count). The number of pyridine rings is 1. The third-order valence-electron chi connectivity index (χ3n) is 5.87. The van der Waals surface area contributed by atoms with Gasteiger partial charge in [-0.1, -0.05) is 6.92 Å². The summed E-state index contributed by atoms with van der Waals surface area (Å²) in [5.41, 5.74) is 0.269. The van der Waals surface area contributed by atoms with E-state index in [1.54, 1.807) is 6.07 Å². The maximum atomic E-state index is 15.0. The minimum atomic E-state index is -1.27. The number of hydrogen-bond acceptors (Lipinski definition) is 4. The van der Waals surface area contributed by atoms with Crippen LogP contribution < -0.4 is 10.3 Å². The van der Waals surface area contributed by atoms with Gasteiger partial charge in [-0.15, -0.1) is 0 Å². The predicted molar refractivity (Wildman–Crippen MR) is 107 cm³/mol. The Hall–Kier alpha value is -2.41. The van der Waals surface area contributed by atoms with Crippen molar-refractivity contribution in [3.8, 4) is 0 Å². The van der Waals surface area contributed by atoms with E-state index in [1.807, 2.05) is 23.6 Å². The zero-order valence-corrected chi connectivity index (χ0v) is 16.5. The lowest BCUT2D eigenvalue weighted by molar-refractivity contribution is 0.0695. The Balaban J connectivity index is 1.81. The molecular weight excluding hydrogens is 361 g/mol. The predicted octanol–water partition coefficient (Wildman–Crippen LogP) is 2.95. The van der Waals surface area contributed by atoms with Gasteiger partial charge in [0.2, 0.25) is 5.43 Å². The van der Waals surface area contributed by atoms with Crippen molar-refractivity contribution in [1.29, 1.82) is 0 Å². The van der Waals surface area contributed by atoms with Crippen LogP contribution in [0, 0.1) is 11.2 Å². The number of aromatic carboxylic acids is 1. The molecule has 2 fully saturated rings. The SMILES string of the molecule is CN(C)CC1(C)CCN(c2cc3c(cc2F)c(=O)c(C(=O)O)cn3C2CC2)C1. The van der Waals surface area contributed by atoms with Crippen molar-refractivity contribution >= 4 is 22.6 Å². The molecule has 0 amide bonds. The number of carbonyl (C=O) groups is 1. The summed E-state index contributed by atoms with van der Waals surface area (Å²) in [5, 5.41) is 9.50. The standard InChI is InChI=1S/C21H26FN3O3/c1-21(11-23(2)3)6-7-24(12-21)18-9-17-14(8-16(18)22)19(26)15(20(27)28)10-25(17)13-4-5-13/h8-10,13H,4-7,11-12H2,1-3H3,(H,27,28). The van der Waals surface area contributed by atoms with Gasteiger partial charge in [-0.3, -0.25) is 4.79 Å². The van der Waals surface area contributed by atoms with E-state index < -0.39 is 17.2 Å². The molecule has 1 saturated carbocycles. The van der Waals surface area contributed by atoms with E-state index in [0.29, 0.717) is 11.2 Å². The molecule has 1 N–H and O–H groups in total. The fourth-order valence-electron chi connectivity index (χ4n) is 4.53. The summed E-state index contributed by atoms with van der Waals surface area (Å²) in [6.07, 6.45) is 4.27. The molecule has 28 heavy (non-hydrogen) atoms. The Morgan fingerprint density at radius 2 is 2.07 bits per heavy atom. The topological polar surface area (TPSA) is 65.8 Å². The Labute approximate surface area is 163 Å². The van der Waals surface area contributed by atoms with Crippen LogP contribution in [0.25, 0.3) is 10.9 Å². The van der Waals surface area contributed by atoms with Gasteiger partial charge in [0, 0.05) is 37.3 Å². The number of benzene rings is 1. The molecule has 150 valence electrons. The van der Waals surface area contributed by atoms with Crippen LogP contribution >= 0.6 is 0 Å². The van der Waals surface area contributed by atoms with Crippen molar-refractivity contribution in [3.05, 3.63) is 39.9 Å². The summed E-state index contributed by atoms with van der Waals surface area (Å²) < 4.78 is 16.8. The maximum Gasteiger partial charge on any atom is 0.341 e.